The normalized spacial score (nSPS) is 12.5. The monoisotopic (exact) mass is 444 g/mol. The van der Waals surface area contributed by atoms with Gasteiger partial charge in [-0.25, -0.2) is 0 Å². The largest absolute Gasteiger partial charge is 0.497 e. The van der Waals surface area contributed by atoms with Gasteiger partial charge >= 0.3 is 0 Å². The molecule has 1 fully saturated rings. The maximum absolute atomic E-state index is 11.4. The first kappa shape index (κ1) is 22.2. The van der Waals surface area contributed by atoms with E-state index < -0.39 is 0 Å². The molecule has 0 saturated heterocycles. The van der Waals surface area contributed by atoms with E-state index in [1.54, 1.807) is 14.2 Å². The van der Waals surface area contributed by atoms with Crippen LogP contribution in [0.3, 0.4) is 0 Å². The Labute approximate surface area is 193 Å². The summed E-state index contributed by atoms with van der Waals surface area (Å²) in [5, 5.41) is 14.6. The molecule has 0 radical (unpaired) electrons. The SMILES string of the molecule is COc1ccc(C)cc1Nc1n[nH]c2ccccc12.COc1ccc(NC(=O)C2CC2)cc1. The summed E-state index contributed by atoms with van der Waals surface area (Å²) in [6, 6.07) is 21.4. The third-order valence-corrected chi connectivity index (χ3v) is 5.38. The van der Waals surface area contributed by atoms with E-state index in [2.05, 4.69) is 20.8 Å². The fraction of sp³-hybridized carbons (Fsp3) is 0.231. The minimum atomic E-state index is 0.134. The number of hydrogen-bond donors (Lipinski definition) is 3. The number of nitrogens with zero attached hydrogens (tertiary/aromatic N) is 1. The van der Waals surface area contributed by atoms with Crippen LogP contribution >= 0.6 is 0 Å². The minimum absolute atomic E-state index is 0.134. The van der Waals surface area contributed by atoms with Gasteiger partial charge in [-0.1, -0.05) is 18.2 Å². The molecule has 0 bridgehead atoms. The van der Waals surface area contributed by atoms with Gasteiger partial charge in [-0.2, -0.15) is 5.10 Å². The summed E-state index contributed by atoms with van der Waals surface area (Å²) in [6.45, 7) is 2.05. The van der Waals surface area contributed by atoms with Gasteiger partial charge < -0.3 is 20.1 Å². The Hall–Kier alpha value is -4.00. The lowest BCUT2D eigenvalue weighted by molar-refractivity contribution is -0.117. The number of ether oxygens (including phenoxy) is 2. The van der Waals surface area contributed by atoms with E-state index in [-0.39, 0.29) is 11.8 Å². The molecule has 3 aromatic carbocycles. The zero-order valence-electron chi connectivity index (χ0n) is 19.0. The summed E-state index contributed by atoms with van der Waals surface area (Å²) < 4.78 is 10.4. The number of carbonyl (C=O) groups excluding carboxylic acids is 1. The molecule has 4 aromatic rings. The number of nitrogens with one attached hydrogen (secondary N) is 3. The number of fused-ring (bicyclic) bond motifs is 1. The predicted molar refractivity (Wildman–Crippen MR) is 131 cm³/mol. The molecule has 3 N–H and O–H groups in total. The maximum Gasteiger partial charge on any atom is 0.227 e. The highest BCUT2D eigenvalue weighted by Crippen LogP contribution is 2.31. The van der Waals surface area contributed by atoms with Gasteiger partial charge in [0.25, 0.3) is 0 Å². The third kappa shape index (κ3) is 5.63. The van der Waals surface area contributed by atoms with Gasteiger partial charge in [-0.15, -0.1) is 0 Å². The second-order valence-electron chi connectivity index (χ2n) is 7.94. The summed E-state index contributed by atoms with van der Waals surface area (Å²) in [6.07, 6.45) is 2.06. The van der Waals surface area contributed by atoms with Crippen LogP contribution in [0.25, 0.3) is 10.9 Å². The van der Waals surface area contributed by atoms with Crippen molar-refractivity contribution in [2.24, 2.45) is 5.92 Å². The average Bonchev–Trinajstić information content (AvgIpc) is 3.62. The van der Waals surface area contributed by atoms with E-state index in [1.165, 1.54) is 5.56 Å². The van der Waals surface area contributed by atoms with Gasteiger partial charge in [0, 0.05) is 17.0 Å². The molecule has 1 saturated carbocycles. The number of para-hydroxylation sites is 1. The zero-order chi connectivity index (χ0) is 23.2. The van der Waals surface area contributed by atoms with E-state index in [9.17, 15) is 4.79 Å². The molecule has 0 aliphatic heterocycles. The van der Waals surface area contributed by atoms with E-state index in [1.807, 2.05) is 73.7 Å². The summed E-state index contributed by atoms with van der Waals surface area (Å²) >= 11 is 0. The third-order valence-electron chi connectivity index (χ3n) is 5.38. The first-order valence-corrected chi connectivity index (χ1v) is 10.9. The van der Waals surface area contributed by atoms with Gasteiger partial charge in [0.05, 0.1) is 25.4 Å². The molecular weight excluding hydrogens is 416 g/mol. The number of carbonyl (C=O) groups is 1. The number of H-pyrrole nitrogens is 1. The van der Waals surface area contributed by atoms with Crippen LogP contribution in [-0.4, -0.2) is 30.3 Å². The van der Waals surface area contributed by atoms with Gasteiger partial charge in [-0.05, 0) is 73.9 Å². The Morgan fingerprint density at radius 2 is 1.76 bits per heavy atom. The number of hydrogen-bond acceptors (Lipinski definition) is 5. The standard InChI is InChI=1S/C15H15N3O.C11H13NO2/c1-10-7-8-14(19-2)13(9-10)16-15-11-5-3-4-6-12(11)17-18-15;1-14-10-6-4-9(5-7-10)12-11(13)8-2-3-8/h3-9H,1-2H3,(H2,16,17,18);4-8H,2-3H2,1H3,(H,12,13). The van der Waals surface area contributed by atoms with Crippen LogP contribution in [-0.2, 0) is 4.79 Å². The molecule has 1 aliphatic rings. The number of methoxy groups -OCH3 is 2. The van der Waals surface area contributed by atoms with Crippen molar-refractivity contribution in [3.63, 3.8) is 0 Å². The average molecular weight is 445 g/mol. The highest BCUT2D eigenvalue weighted by molar-refractivity contribution is 5.94. The molecule has 1 amide bonds. The number of amides is 1. The Morgan fingerprint density at radius 1 is 1.00 bits per heavy atom. The lowest BCUT2D eigenvalue weighted by Gasteiger charge is -2.10. The Morgan fingerprint density at radius 3 is 2.45 bits per heavy atom. The lowest BCUT2D eigenvalue weighted by atomic mass is 10.2. The number of aromatic amines is 1. The molecule has 7 heteroatoms. The minimum Gasteiger partial charge on any atom is -0.497 e. The molecular formula is C26H28N4O3. The van der Waals surface area contributed by atoms with Crippen LogP contribution in [0.4, 0.5) is 17.2 Å². The zero-order valence-corrected chi connectivity index (χ0v) is 19.0. The Bertz CT molecular complexity index is 1230. The lowest BCUT2D eigenvalue weighted by Crippen LogP contribution is -2.12. The van der Waals surface area contributed by atoms with Crippen LogP contribution in [0.2, 0.25) is 0 Å². The van der Waals surface area contributed by atoms with Crippen LogP contribution in [0.1, 0.15) is 18.4 Å². The first-order chi connectivity index (χ1) is 16.1. The van der Waals surface area contributed by atoms with Gasteiger partial charge in [0.15, 0.2) is 5.82 Å². The van der Waals surface area contributed by atoms with Crippen LogP contribution in [0.5, 0.6) is 11.5 Å². The number of aromatic nitrogens is 2. The molecule has 0 unspecified atom stereocenters. The first-order valence-electron chi connectivity index (χ1n) is 10.9. The fourth-order valence-electron chi connectivity index (χ4n) is 3.37. The van der Waals surface area contributed by atoms with Crippen molar-refractivity contribution in [2.45, 2.75) is 19.8 Å². The summed E-state index contributed by atoms with van der Waals surface area (Å²) in [7, 11) is 3.29. The molecule has 33 heavy (non-hydrogen) atoms. The molecule has 5 rings (SSSR count). The van der Waals surface area contributed by atoms with E-state index in [4.69, 9.17) is 9.47 Å². The van der Waals surface area contributed by atoms with E-state index in [0.717, 1.165) is 52.4 Å². The Kier molecular flexibility index (Phi) is 6.78. The van der Waals surface area contributed by atoms with Crippen molar-refractivity contribution in [3.8, 4) is 11.5 Å². The number of anilines is 3. The smallest absolute Gasteiger partial charge is 0.227 e. The van der Waals surface area contributed by atoms with Crippen molar-refractivity contribution in [1.29, 1.82) is 0 Å². The summed E-state index contributed by atoms with van der Waals surface area (Å²) in [5.74, 6) is 2.79. The second-order valence-corrected chi connectivity index (χ2v) is 7.94. The van der Waals surface area contributed by atoms with Crippen LogP contribution in [0.15, 0.2) is 66.7 Å². The Balaban J connectivity index is 0.000000165. The molecule has 0 spiro atoms. The quantitative estimate of drug-likeness (QED) is 0.357. The van der Waals surface area contributed by atoms with Gasteiger partial charge in [-0.3, -0.25) is 9.89 Å². The van der Waals surface area contributed by atoms with Crippen molar-refractivity contribution in [1.82, 2.24) is 10.2 Å². The highest BCUT2D eigenvalue weighted by atomic mass is 16.5. The van der Waals surface area contributed by atoms with Crippen LogP contribution < -0.4 is 20.1 Å². The molecule has 1 aliphatic carbocycles. The summed E-state index contributed by atoms with van der Waals surface area (Å²) in [5.41, 5.74) is 3.93. The molecule has 170 valence electrons. The van der Waals surface area contributed by atoms with E-state index >= 15 is 0 Å². The highest BCUT2D eigenvalue weighted by Gasteiger charge is 2.29. The molecule has 7 nitrogen and oxygen atoms in total. The topological polar surface area (TPSA) is 88.3 Å². The molecule has 1 heterocycles. The predicted octanol–water partition coefficient (Wildman–Crippen LogP) is 5.67. The van der Waals surface area contributed by atoms with Gasteiger partial charge in [0.2, 0.25) is 5.91 Å². The second kappa shape index (κ2) is 10.1. The summed E-state index contributed by atoms with van der Waals surface area (Å²) in [4.78, 5) is 11.4. The maximum atomic E-state index is 11.4. The molecule has 1 aromatic heterocycles. The van der Waals surface area contributed by atoms with Crippen molar-refractivity contribution in [3.05, 3.63) is 72.3 Å². The van der Waals surface area contributed by atoms with Crippen LogP contribution in [0, 0.1) is 12.8 Å². The van der Waals surface area contributed by atoms with E-state index in [0.29, 0.717) is 0 Å². The fourth-order valence-corrected chi connectivity index (χ4v) is 3.37. The van der Waals surface area contributed by atoms with Gasteiger partial charge in [0.1, 0.15) is 11.5 Å². The van der Waals surface area contributed by atoms with Crippen molar-refractivity contribution in [2.75, 3.05) is 24.9 Å². The number of aryl methyl sites for hydroxylation is 1. The number of rotatable bonds is 6. The molecule has 0 atom stereocenters. The van der Waals surface area contributed by atoms with Crippen molar-refractivity contribution >= 4 is 34.0 Å². The van der Waals surface area contributed by atoms with Crippen molar-refractivity contribution < 1.29 is 14.3 Å². The number of benzene rings is 3.